The zero-order valence-electron chi connectivity index (χ0n) is 11.8. The van der Waals surface area contributed by atoms with Gasteiger partial charge < -0.3 is 5.73 Å². The van der Waals surface area contributed by atoms with Crippen molar-refractivity contribution in [3.8, 4) is 0 Å². The molecular formula is C16H18N2O2S. The Balaban J connectivity index is 1.88. The Hall–Kier alpha value is -1.85. The molecule has 0 aliphatic heterocycles. The van der Waals surface area contributed by atoms with Crippen molar-refractivity contribution in [1.82, 2.24) is 4.72 Å². The summed E-state index contributed by atoms with van der Waals surface area (Å²) in [5, 5.41) is 0. The van der Waals surface area contributed by atoms with Crippen LogP contribution in [0.4, 0.5) is 5.69 Å². The predicted octanol–water partition coefficient (Wildman–Crippen LogP) is 2.54. The molecule has 2 aromatic carbocycles. The molecule has 3 rings (SSSR count). The fourth-order valence-electron chi connectivity index (χ4n) is 2.80. The third-order valence-corrected chi connectivity index (χ3v) is 5.31. The maximum atomic E-state index is 12.5. The van der Waals surface area contributed by atoms with Gasteiger partial charge in [-0.05, 0) is 60.7 Å². The molecule has 0 aromatic heterocycles. The minimum atomic E-state index is -3.50. The lowest BCUT2D eigenvalue weighted by Crippen LogP contribution is -2.27. The van der Waals surface area contributed by atoms with Crippen molar-refractivity contribution in [3.63, 3.8) is 0 Å². The van der Waals surface area contributed by atoms with Gasteiger partial charge in [-0.3, -0.25) is 0 Å². The van der Waals surface area contributed by atoms with E-state index in [1.54, 1.807) is 18.2 Å². The molecule has 21 heavy (non-hydrogen) atoms. The molecule has 1 aliphatic rings. The van der Waals surface area contributed by atoms with E-state index in [1.807, 2.05) is 31.2 Å². The summed E-state index contributed by atoms with van der Waals surface area (Å²) < 4.78 is 27.8. The molecule has 0 saturated heterocycles. The number of hydrogen-bond acceptors (Lipinski definition) is 3. The number of aryl methyl sites for hydroxylation is 2. The largest absolute Gasteiger partial charge is 0.399 e. The van der Waals surface area contributed by atoms with Crippen molar-refractivity contribution in [3.05, 3.63) is 59.2 Å². The van der Waals surface area contributed by atoms with Crippen LogP contribution in [0.15, 0.2) is 47.4 Å². The van der Waals surface area contributed by atoms with Gasteiger partial charge in [0.25, 0.3) is 0 Å². The van der Waals surface area contributed by atoms with Crippen molar-refractivity contribution < 1.29 is 8.42 Å². The van der Waals surface area contributed by atoms with E-state index in [-0.39, 0.29) is 6.04 Å². The monoisotopic (exact) mass is 302 g/mol. The summed E-state index contributed by atoms with van der Waals surface area (Å²) in [5.41, 5.74) is 9.58. The third kappa shape index (κ3) is 2.80. The van der Waals surface area contributed by atoms with Gasteiger partial charge in [-0.15, -0.1) is 0 Å². The second-order valence-corrected chi connectivity index (χ2v) is 7.20. The lowest BCUT2D eigenvalue weighted by atomic mass is 10.1. The van der Waals surface area contributed by atoms with E-state index in [0.29, 0.717) is 4.90 Å². The van der Waals surface area contributed by atoms with E-state index in [1.165, 1.54) is 0 Å². The molecule has 0 fully saturated rings. The minimum absolute atomic E-state index is 0.175. The molecule has 0 heterocycles. The zero-order valence-corrected chi connectivity index (χ0v) is 12.7. The van der Waals surface area contributed by atoms with Crippen LogP contribution in [0.2, 0.25) is 0 Å². The number of benzene rings is 2. The van der Waals surface area contributed by atoms with Crippen LogP contribution in [-0.4, -0.2) is 8.42 Å². The first-order chi connectivity index (χ1) is 9.95. The molecule has 0 bridgehead atoms. The molecule has 1 aliphatic carbocycles. The van der Waals surface area contributed by atoms with Crippen LogP contribution < -0.4 is 10.5 Å². The van der Waals surface area contributed by atoms with E-state index in [2.05, 4.69) is 4.72 Å². The maximum Gasteiger partial charge on any atom is 0.241 e. The van der Waals surface area contributed by atoms with E-state index in [9.17, 15) is 8.42 Å². The molecule has 1 unspecified atom stereocenters. The van der Waals surface area contributed by atoms with Gasteiger partial charge in [-0.25, -0.2) is 13.1 Å². The normalized spacial score (nSPS) is 17.7. The third-order valence-electron chi connectivity index (χ3n) is 3.84. The summed E-state index contributed by atoms with van der Waals surface area (Å²) in [6, 6.07) is 12.4. The number of sulfonamides is 1. The molecule has 3 N–H and O–H groups in total. The van der Waals surface area contributed by atoms with E-state index < -0.39 is 10.0 Å². The summed E-state index contributed by atoms with van der Waals surface area (Å²) in [5.74, 6) is 0. The molecule has 2 aromatic rings. The number of rotatable bonds is 3. The second-order valence-electron chi connectivity index (χ2n) is 5.49. The molecule has 0 amide bonds. The highest BCUT2D eigenvalue weighted by Crippen LogP contribution is 2.33. The van der Waals surface area contributed by atoms with Crippen LogP contribution in [0.3, 0.4) is 0 Å². The van der Waals surface area contributed by atoms with Crippen molar-refractivity contribution in [1.29, 1.82) is 0 Å². The highest BCUT2D eigenvalue weighted by atomic mass is 32.2. The van der Waals surface area contributed by atoms with Gasteiger partial charge >= 0.3 is 0 Å². The average Bonchev–Trinajstić information content (AvgIpc) is 2.80. The van der Waals surface area contributed by atoms with Crippen molar-refractivity contribution in [2.45, 2.75) is 30.7 Å². The topological polar surface area (TPSA) is 72.2 Å². The van der Waals surface area contributed by atoms with E-state index in [0.717, 1.165) is 35.2 Å². The lowest BCUT2D eigenvalue weighted by molar-refractivity contribution is 0.554. The molecule has 110 valence electrons. The highest BCUT2D eigenvalue weighted by molar-refractivity contribution is 7.89. The summed E-state index contributed by atoms with van der Waals surface area (Å²) in [6.07, 6.45) is 1.62. The van der Waals surface area contributed by atoms with E-state index >= 15 is 0 Å². The van der Waals surface area contributed by atoms with Gasteiger partial charge in [0, 0.05) is 11.7 Å². The Morgan fingerprint density at radius 1 is 1.19 bits per heavy atom. The average molecular weight is 302 g/mol. The van der Waals surface area contributed by atoms with Crippen LogP contribution in [0, 0.1) is 6.92 Å². The molecule has 1 atom stereocenters. The fourth-order valence-corrected chi connectivity index (χ4v) is 4.15. The van der Waals surface area contributed by atoms with Gasteiger partial charge in [0.15, 0.2) is 0 Å². The Kier molecular flexibility index (Phi) is 3.47. The van der Waals surface area contributed by atoms with Gasteiger partial charge in [0.2, 0.25) is 10.0 Å². The second kappa shape index (κ2) is 5.16. The molecular weight excluding hydrogens is 284 g/mol. The van der Waals surface area contributed by atoms with Crippen molar-refractivity contribution in [2.75, 3.05) is 5.73 Å². The summed E-state index contributed by atoms with van der Waals surface area (Å²) in [4.78, 5) is 0.311. The molecule has 4 nitrogen and oxygen atoms in total. The Bertz CT molecular complexity index is 785. The van der Waals surface area contributed by atoms with Crippen LogP contribution in [0.25, 0.3) is 0 Å². The Morgan fingerprint density at radius 2 is 2.00 bits per heavy atom. The Labute approximate surface area is 125 Å². The first kappa shape index (κ1) is 14.1. The summed E-state index contributed by atoms with van der Waals surface area (Å²) >= 11 is 0. The fraction of sp³-hybridized carbons (Fsp3) is 0.250. The molecule has 5 heteroatoms. The SMILES string of the molecule is Cc1cccc(S(=O)(=O)NC2CCc3cc(N)ccc32)c1. The number of nitrogen functional groups attached to an aromatic ring is 1. The lowest BCUT2D eigenvalue weighted by Gasteiger charge is -2.15. The quantitative estimate of drug-likeness (QED) is 0.856. The zero-order chi connectivity index (χ0) is 15.0. The van der Waals surface area contributed by atoms with Crippen molar-refractivity contribution in [2.24, 2.45) is 0 Å². The van der Waals surface area contributed by atoms with Crippen LogP contribution in [0.5, 0.6) is 0 Å². The van der Waals surface area contributed by atoms with Crippen LogP contribution >= 0.6 is 0 Å². The van der Waals surface area contributed by atoms with Crippen molar-refractivity contribution >= 4 is 15.7 Å². The minimum Gasteiger partial charge on any atom is -0.399 e. The van der Waals surface area contributed by atoms with Gasteiger partial charge in [-0.1, -0.05) is 18.2 Å². The van der Waals surface area contributed by atoms with Crippen LogP contribution in [0.1, 0.15) is 29.2 Å². The number of fused-ring (bicyclic) bond motifs is 1. The number of nitrogens with two attached hydrogens (primary N) is 1. The summed E-state index contributed by atoms with van der Waals surface area (Å²) in [7, 11) is -3.50. The standard InChI is InChI=1S/C16H18N2O2S/c1-11-3-2-4-14(9-11)21(19,20)18-16-8-5-12-10-13(17)6-7-15(12)16/h2-4,6-7,9-10,16,18H,5,8,17H2,1H3. The van der Waals surface area contributed by atoms with Gasteiger partial charge in [-0.2, -0.15) is 0 Å². The molecule has 0 radical (unpaired) electrons. The number of hydrogen-bond donors (Lipinski definition) is 2. The summed E-state index contributed by atoms with van der Waals surface area (Å²) in [6.45, 7) is 1.88. The number of anilines is 1. The van der Waals surface area contributed by atoms with Gasteiger partial charge in [0.05, 0.1) is 4.90 Å². The first-order valence-electron chi connectivity index (χ1n) is 6.93. The van der Waals surface area contributed by atoms with E-state index in [4.69, 9.17) is 5.73 Å². The maximum absolute atomic E-state index is 12.5. The smallest absolute Gasteiger partial charge is 0.241 e. The predicted molar refractivity (Wildman–Crippen MR) is 83.4 cm³/mol. The molecule has 0 spiro atoms. The first-order valence-corrected chi connectivity index (χ1v) is 8.41. The number of nitrogens with one attached hydrogen (secondary N) is 1. The van der Waals surface area contributed by atoms with Gasteiger partial charge in [0.1, 0.15) is 0 Å². The highest BCUT2D eigenvalue weighted by Gasteiger charge is 2.27. The van der Waals surface area contributed by atoms with Crippen LogP contribution in [-0.2, 0) is 16.4 Å². The Morgan fingerprint density at radius 3 is 2.76 bits per heavy atom. The molecule has 0 saturated carbocycles.